The first-order valence-corrected chi connectivity index (χ1v) is 7.43. The minimum absolute atomic E-state index is 0.0345. The fourth-order valence-corrected chi connectivity index (χ4v) is 2.91. The molecule has 0 radical (unpaired) electrons. The summed E-state index contributed by atoms with van der Waals surface area (Å²) in [6, 6.07) is 0.199. The summed E-state index contributed by atoms with van der Waals surface area (Å²) in [6.45, 7) is 2.27. The largest absolute Gasteiger partial charge is 0.395 e. The van der Waals surface area contributed by atoms with Gasteiger partial charge in [0.2, 0.25) is 0 Å². The molecule has 2 rings (SSSR count). The van der Waals surface area contributed by atoms with Gasteiger partial charge in [0.25, 0.3) is 5.91 Å². The lowest BCUT2D eigenvalue weighted by molar-refractivity contribution is 0.0580. The normalized spacial score (nSPS) is 16.3. The van der Waals surface area contributed by atoms with E-state index in [0.29, 0.717) is 17.9 Å². The van der Waals surface area contributed by atoms with Crippen molar-refractivity contribution in [2.75, 3.05) is 18.9 Å². The molecule has 1 saturated carbocycles. The smallest absolute Gasteiger partial charge is 0.276 e. The molecule has 112 valence electrons. The zero-order valence-corrected chi connectivity index (χ0v) is 12.1. The SMILES string of the molecule is CCc1[nH]nc(C(=O)N(CCO)C2CCCCC2)c1N. The Morgan fingerprint density at radius 3 is 2.70 bits per heavy atom. The molecule has 0 unspecified atom stereocenters. The molecule has 1 aromatic rings. The Balaban J connectivity index is 2.19. The molecule has 0 spiro atoms. The quantitative estimate of drug-likeness (QED) is 0.758. The second kappa shape index (κ2) is 6.74. The molecule has 4 N–H and O–H groups in total. The highest BCUT2D eigenvalue weighted by atomic mass is 16.3. The highest BCUT2D eigenvalue weighted by Gasteiger charge is 2.29. The number of nitrogens with zero attached hydrogens (tertiary/aromatic N) is 2. The maximum atomic E-state index is 12.6. The van der Waals surface area contributed by atoms with E-state index >= 15 is 0 Å². The number of aromatic amines is 1. The Bertz CT molecular complexity index is 452. The second-order valence-corrected chi connectivity index (χ2v) is 5.33. The molecule has 1 amide bonds. The van der Waals surface area contributed by atoms with Crippen LogP contribution in [0, 0.1) is 0 Å². The number of aliphatic hydroxyl groups is 1. The van der Waals surface area contributed by atoms with Crippen molar-refractivity contribution in [3.05, 3.63) is 11.4 Å². The molecule has 20 heavy (non-hydrogen) atoms. The minimum atomic E-state index is -0.167. The fourth-order valence-electron chi connectivity index (χ4n) is 2.91. The van der Waals surface area contributed by atoms with Gasteiger partial charge in [0.1, 0.15) is 0 Å². The average molecular weight is 280 g/mol. The molecule has 1 heterocycles. The Morgan fingerprint density at radius 2 is 2.15 bits per heavy atom. The van der Waals surface area contributed by atoms with Crippen LogP contribution in [0.1, 0.15) is 55.2 Å². The molecule has 0 aromatic carbocycles. The van der Waals surface area contributed by atoms with Crippen LogP contribution in [0.15, 0.2) is 0 Å². The molecular formula is C14H24N4O2. The number of rotatable bonds is 5. The number of hydrogen-bond acceptors (Lipinski definition) is 4. The van der Waals surface area contributed by atoms with Crippen molar-refractivity contribution in [2.45, 2.75) is 51.5 Å². The van der Waals surface area contributed by atoms with Crippen LogP contribution >= 0.6 is 0 Å². The van der Waals surface area contributed by atoms with Crippen molar-refractivity contribution in [2.24, 2.45) is 0 Å². The molecule has 1 fully saturated rings. The van der Waals surface area contributed by atoms with E-state index in [1.165, 1.54) is 6.42 Å². The third kappa shape index (κ3) is 2.95. The zero-order chi connectivity index (χ0) is 14.5. The molecule has 6 nitrogen and oxygen atoms in total. The summed E-state index contributed by atoms with van der Waals surface area (Å²) >= 11 is 0. The molecule has 1 aliphatic rings. The lowest BCUT2D eigenvalue weighted by Crippen LogP contribution is -2.43. The maximum absolute atomic E-state index is 12.6. The van der Waals surface area contributed by atoms with Gasteiger partial charge < -0.3 is 15.7 Å². The lowest BCUT2D eigenvalue weighted by atomic mass is 9.94. The van der Waals surface area contributed by atoms with Crippen molar-refractivity contribution in [3.63, 3.8) is 0 Å². The van der Waals surface area contributed by atoms with Crippen LogP contribution in [0.4, 0.5) is 5.69 Å². The number of amides is 1. The zero-order valence-electron chi connectivity index (χ0n) is 12.1. The summed E-state index contributed by atoms with van der Waals surface area (Å²) in [5.41, 5.74) is 7.50. The first kappa shape index (κ1) is 14.8. The number of anilines is 1. The Hall–Kier alpha value is -1.56. The predicted molar refractivity (Wildman–Crippen MR) is 77.4 cm³/mol. The van der Waals surface area contributed by atoms with Gasteiger partial charge in [0.05, 0.1) is 18.0 Å². The number of nitrogen functional groups attached to an aromatic ring is 1. The van der Waals surface area contributed by atoms with Crippen molar-refractivity contribution >= 4 is 11.6 Å². The molecule has 6 heteroatoms. The van der Waals surface area contributed by atoms with Crippen LogP contribution in [0.3, 0.4) is 0 Å². The molecule has 1 aromatic heterocycles. The summed E-state index contributed by atoms with van der Waals surface area (Å²) < 4.78 is 0. The first-order valence-electron chi connectivity index (χ1n) is 7.43. The summed E-state index contributed by atoms with van der Waals surface area (Å²) in [5, 5.41) is 16.1. The molecule has 0 saturated heterocycles. The van der Waals surface area contributed by atoms with Crippen molar-refractivity contribution in [1.29, 1.82) is 0 Å². The maximum Gasteiger partial charge on any atom is 0.276 e. The lowest BCUT2D eigenvalue weighted by Gasteiger charge is -2.33. The average Bonchev–Trinajstić information content (AvgIpc) is 2.86. The van der Waals surface area contributed by atoms with E-state index < -0.39 is 0 Å². The monoisotopic (exact) mass is 280 g/mol. The van der Waals surface area contributed by atoms with Crippen LogP contribution in [0.2, 0.25) is 0 Å². The van der Waals surface area contributed by atoms with E-state index in [1.54, 1.807) is 4.90 Å². The van der Waals surface area contributed by atoms with Gasteiger partial charge in [0.15, 0.2) is 5.69 Å². The van der Waals surface area contributed by atoms with Crippen LogP contribution in [0.5, 0.6) is 0 Å². The number of carbonyl (C=O) groups is 1. The van der Waals surface area contributed by atoms with Gasteiger partial charge in [-0.3, -0.25) is 9.89 Å². The molecule has 0 atom stereocenters. The van der Waals surface area contributed by atoms with E-state index in [9.17, 15) is 9.90 Å². The number of carbonyl (C=O) groups excluding carboxylic acids is 1. The van der Waals surface area contributed by atoms with E-state index in [4.69, 9.17) is 5.73 Å². The van der Waals surface area contributed by atoms with Gasteiger partial charge in [-0.15, -0.1) is 0 Å². The van der Waals surface area contributed by atoms with Gasteiger partial charge in [-0.05, 0) is 19.3 Å². The van der Waals surface area contributed by atoms with Crippen LogP contribution in [-0.4, -0.2) is 45.3 Å². The number of nitrogens with two attached hydrogens (primary N) is 1. The number of nitrogens with one attached hydrogen (secondary N) is 1. The van der Waals surface area contributed by atoms with E-state index in [2.05, 4.69) is 10.2 Å². The topological polar surface area (TPSA) is 95.2 Å². The van der Waals surface area contributed by atoms with Gasteiger partial charge in [-0.1, -0.05) is 26.2 Å². The Morgan fingerprint density at radius 1 is 1.45 bits per heavy atom. The fraction of sp³-hybridized carbons (Fsp3) is 0.714. The summed E-state index contributed by atoms with van der Waals surface area (Å²) in [6.07, 6.45) is 6.21. The van der Waals surface area contributed by atoms with E-state index in [-0.39, 0.29) is 18.6 Å². The summed E-state index contributed by atoms with van der Waals surface area (Å²) in [5.74, 6) is -0.167. The molecule has 0 bridgehead atoms. The molecular weight excluding hydrogens is 256 g/mol. The predicted octanol–water partition coefficient (Wildman–Crippen LogP) is 1.32. The molecule has 1 aliphatic carbocycles. The highest BCUT2D eigenvalue weighted by molar-refractivity contribution is 5.97. The second-order valence-electron chi connectivity index (χ2n) is 5.33. The number of aromatic nitrogens is 2. The van der Waals surface area contributed by atoms with Crippen LogP contribution in [0.25, 0.3) is 0 Å². The number of aliphatic hydroxyl groups excluding tert-OH is 1. The third-order valence-electron chi connectivity index (χ3n) is 4.06. The van der Waals surface area contributed by atoms with Gasteiger partial charge in [-0.2, -0.15) is 5.10 Å². The Kier molecular flexibility index (Phi) is 5.00. The molecule has 0 aliphatic heterocycles. The summed E-state index contributed by atoms with van der Waals surface area (Å²) in [4.78, 5) is 14.4. The number of hydrogen-bond donors (Lipinski definition) is 3. The van der Waals surface area contributed by atoms with Gasteiger partial charge >= 0.3 is 0 Å². The van der Waals surface area contributed by atoms with Gasteiger partial charge in [-0.25, -0.2) is 0 Å². The van der Waals surface area contributed by atoms with Crippen molar-refractivity contribution in [3.8, 4) is 0 Å². The first-order chi connectivity index (χ1) is 9.69. The van der Waals surface area contributed by atoms with Gasteiger partial charge in [0, 0.05) is 12.6 Å². The number of aryl methyl sites for hydroxylation is 1. The summed E-state index contributed by atoms with van der Waals surface area (Å²) in [7, 11) is 0. The Labute approximate surface area is 119 Å². The number of H-pyrrole nitrogens is 1. The van der Waals surface area contributed by atoms with Crippen molar-refractivity contribution in [1.82, 2.24) is 15.1 Å². The van der Waals surface area contributed by atoms with Crippen LogP contribution in [-0.2, 0) is 6.42 Å². The minimum Gasteiger partial charge on any atom is -0.395 e. The standard InChI is InChI=1S/C14H24N4O2/c1-2-11-12(15)13(17-16-11)14(20)18(8-9-19)10-6-4-3-5-7-10/h10,19H,2-9,15H2,1H3,(H,16,17). The van der Waals surface area contributed by atoms with Crippen molar-refractivity contribution < 1.29 is 9.90 Å². The van der Waals surface area contributed by atoms with E-state index in [1.807, 2.05) is 6.92 Å². The van der Waals surface area contributed by atoms with E-state index in [0.717, 1.165) is 37.8 Å². The third-order valence-corrected chi connectivity index (χ3v) is 4.06. The van der Waals surface area contributed by atoms with Crippen LogP contribution < -0.4 is 5.73 Å². The highest BCUT2D eigenvalue weighted by Crippen LogP contribution is 2.25.